The maximum Gasteiger partial charge on any atom is 0.261 e. The van der Waals surface area contributed by atoms with Gasteiger partial charge in [-0.3, -0.25) is 4.79 Å². The van der Waals surface area contributed by atoms with E-state index < -0.39 is 0 Å². The topological polar surface area (TPSA) is 41.1 Å². The largest absolute Gasteiger partial charge is 0.349 e. The Morgan fingerprint density at radius 3 is 2.69 bits per heavy atom. The zero-order chi connectivity index (χ0) is 10.7. The van der Waals surface area contributed by atoms with Gasteiger partial charge in [-0.05, 0) is 54.0 Å². The van der Waals surface area contributed by atoms with Crippen molar-refractivity contribution in [1.29, 1.82) is 0 Å². The Labute approximate surface area is 114 Å². The zero-order valence-electron chi connectivity index (χ0n) is 8.66. The summed E-state index contributed by atoms with van der Waals surface area (Å²) in [7, 11) is 0. The summed E-state index contributed by atoms with van der Waals surface area (Å²) in [5, 5.41) is 6.33. The van der Waals surface area contributed by atoms with Crippen molar-refractivity contribution in [2.45, 2.75) is 18.9 Å². The number of amides is 1. The fourth-order valence-electron chi connectivity index (χ4n) is 1.66. The first-order valence-corrected chi connectivity index (χ1v) is 6.63. The van der Waals surface area contributed by atoms with E-state index in [0.29, 0.717) is 6.04 Å². The Morgan fingerprint density at radius 2 is 2.12 bits per heavy atom. The third-order valence-corrected chi connectivity index (χ3v) is 4.09. The van der Waals surface area contributed by atoms with Crippen molar-refractivity contribution in [2.75, 3.05) is 13.1 Å². The maximum atomic E-state index is 11.8. The molecule has 1 aromatic heterocycles. The lowest BCUT2D eigenvalue weighted by Gasteiger charge is -2.23. The minimum Gasteiger partial charge on any atom is -0.349 e. The van der Waals surface area contributed by atoms with Crippen LogP contribution in [0.25, 0.3) is 0 Å². The van der Waals surface area contributed by atoms with Gasteiger partial charge in [0.25, 0.3) is 5.91 Å². The van der Waals surface area contributed by atoms with E-state index in [4.69, 9.17) is 0 Å². The molecular formula is C10H14BrClN2OS. The van der Waals surface area contributed by atoms with Crippen LogP contribution in [0.3, 0.4) is 0 Å². The summed E-state index contributed by atoms with van der Waals surface area (Å²) < 4.78 is 0.998. The van der Waals surface area contributed by atoms with E-state index in [1.165, 1.54) is 11.3 Å². The smallest absolute Gasteiger partial charge is 0.261 e. The molecule has 0 bridgehead atoms. The number of piperidine rings is 1. The molecule has 0 spiro atoms. The Bertz CT molecular complexity index is 352. The van der Waals surface area contributed by atoms with Crippen LogP contribution >= 0.6 is 39.7 Å². The molecule has 1 aromatic rings. The summed E-state index contributed by atoms with van der Waals surface area (Å²) in [5.41, 5.74) is 0. The molecule has 1 aliphatic heterocycles. The number of carbonyl (C=O) groups is 1. The highest BCUT2D eigenvalue weighted by Gasteiger charge is 2.17. The van der Waals surface area contributed by atoms with E-state index in [-0.39, 0.29) is 18.3 Å². The minimum absolute atomic E-state index is 0. The lowest BCUT2D eigenvalue weighted by Crippen LogP contribution is -2.42. The number of rotatable bonds is 2. The molecule has 0 unspecified atom stereocenters. The second-order valence-electron chi connectivity index (χ2n) is 3.60. The van der Waals surface area contributed by atoms with Crippen LogP contribution < -0.4 is 10.6 Å². The van der Waals surface area contributed by atoms with Crippen molar-refractivity contribution in [3.8, 4) is 0 Å². The van der Waals surface area contributed by atoms with E-state index >= 15 is 0 Å². The van der Waals surface area contributed by atoms with Gasteiger partial charge in [0.1, 0.15) is 0 Å². The van der Waals surface area contributed by atoms with Crippen LogP contribution in [0, 0.1) is 0 Å². The second kappa shape index (κ2) is 6.59. The van der Waals surface area contributed by atoms with Crippen molar-refractivity contribution in [3.05, 3.63) is 20.8 Å². The lowest BCUT2D eigenvalue weighted by atomic mass is 10.1. The average Bonchev–Trinajstić information content (AvgIpc) is 2.66. The van der Waals surface area contributed by atoms with Crippen molar-refractivity contribution in [1.82, 2.24) is 10.6 Å². The highest BCUT2D eigenvalue weighted by atomic mass is 79.9. The Kier molecular flexibility index (Phi) is 5.75. The molecule has 16 heavy (non-hydrogen) atoms. The molecule has 0 radical (unpaired) electrons. The molecule has 2 N–H and O–H groups in total. The van der Waals surface area contributed by atoms with E-state index in [2.05, 4.69) is 26.6 Å². The van der Waals surface area contributed by atoms with Crippen molar-refractivity contribution in [2.24, 2.45) is 0 Å². The molecule has 90 valence electrons. The van der Waals surface area contributed by atoms with Gasteiger partial charge >= 0.3 is 0 Å². The molecule has 0 atom stereocenters. The first-order chi connectivity index (χ1) is 7.25. The van der Waals surface area contributed by atoms with Gasteiger partial charge in [0, 0.05) is 6.04 Å². The minimum atomic E-state index is 0. The van der Waals surface area contributed by atoms with Gasteiger partial charge in [0.05, 0.1) is 8.66 Å². The van der Waals surface area contributed by atoms with Crippen molar-refractivity contribution in [3.63, 3.8) is 0 Å². The third kappa shape index (κ3) is 3.73. The molecule has 3 nitrogen and oxygen atoms in total. The molecule has 2 heterocycles. The fraction of sp³-hybridized carbons (Fsp3) is 0.500. The van der Waals surface area contributed by atoms with Gasteiger partial charge in [-0.15, -0.1) is 23.7 Å². The van der Waals surface area contributed by atoms with Gasteiger partial charge in [0.15, 0.2) is 0 Å². The predicted octanol–water partition coefficient (Wildman–Crippen LogP) is 2.41. The Hall–Kier alpha value is -0.100. The first kappa shape index (κ1) is 14.0. The number of hydrogen-bond acceptors (Lipinski definition) is 3. The number of carbonyl (C=O) groups excluding carboxylic acids is 1. The van der Waals surface area contributed by atoms with Crippen LogP contribution in [0.4, 0.5) is 0 Å². The van der Waals surface area contributed by atoms with Crippen molar-refractivity contribution >= 4 is 45.6 Å². The van der Waals surface area contributed by atoms with Crippen LogP contribution in [-0.4, -0.2) is 25.0 Å². The van der Waals surface area contributed by atoms with Crippen LogP contribution in [0.1, 0.15) is 22.5 Å². The zero-order valence-corrected chi connectivity index (χ0v) is 11.9. The molecular weight excluding hydrogens is 312 g/mol. The number of nitrogens with one attached hydrogen (secondary N) is 2. The van der Waals surface area contributed by atoms with E-state index in [0.717, 1.165) is 34.6 Å². The lowest BCUT2D eigenvalue weighted by molar-refractivity contribution is 0.0933. The Balaban J connectivity index is 0.00000128. The summed E-state index contributed by atoms with van der Waals surface area (Å²) in [6.07, 6.45) is 2.05. The average molecular weight is 326 g/mol. The summed E-state index contributed by atoms with van der Waals surface area (Å²) >= 11 is 4.83. The molecule has 2 rings (SSSR count). The van der Waals surface area contributed by atoms with Gasteiger partial charge in [0.2, 0.25) is 0 Å². The van der Waals surface area contributed by atoms with E-state index in [9.17, 15) is 4.79 Å². The highest BCUT2D eigenvalue weighted by Crippen LogP contribution is 2.22. The molecule has 6 heteroatoms. The standard InChI is InChI=1S/C10H13BrN2OS.ClH/c11-9-2-1-8(15-9)10(14)13-7-3-5-12-6-4-7;/h1-2,7,12H,3-6H2,(H,13,14);1H. The van der Waals surface area contributed by atoms with Crippen LogP contribution in [-0.2, 0) is 0 Å². The van der Waals surface area contributed by atoms with Crippen LogP contribution in [0.2, 0.25) is 0 Å². The summed E-state index contributed by atoms with van der Waals surface area (Å²) in [5.74, 6) is 0.0533. The quantitative estimate of drug-likeness (QED) is 0.877. The van der Waals surface area contributed by atoms with Gasteiger partial charge in [-0.2, -0.15) is 0 Å². The highest BCUT2D eigenvalue weighted by molar-refractivity contribution is 9.11. The summed E-state index contributed by atoms with van der Waals surface area (Å²) in [4.78, 5) is 12.6. The van der Waals surface area contributed by atoms with Crippen molar-refractivity contribution < 1.29 is 4.79 Å². The number of hydrogen-bond donors (Lipinski definition) is 2. The maximum absolute atomic E-state index is 11.8. The monoisotopic (exact) mass is 324 g/mol. The third-order valence-electron chi connectivity index (χ3n) is 2.47. The summed E-state index contributed by atoms with van der Waals surface area (Å²) in [6, 6.07) is 4.09. The van der Waals surface area contributed by atoms with E-state index in [1.54, 1.807) is 0 Å². The molecule has 0 aliphatic carbocycles. The normalized spacial score (nSPS) is 16.6. The molecule has 0 aromatic carbocycles. The first-order valence-electron chi connectivity index (χ1n) is 5.02. The SMILES string of the molecule is Cl.O=C(NC1CCNCC1)c1ccc(Br)s1. The molecule has 1 saturated heterocycles. The molecule has 0 saturated carbocycles. The van der Waals surface area contributed by atoms with Gasteiger partial charge in [-0.1, -0.05) is 0 Å². The van der Waals surface area contributed by atoms with Gasteiger partial charge in [-0.25, -0.2) is 0 Å². The molecule has 1 amide bonds. The van der Waals surface area contributed by atoms with Crippen LogP contribution in [0.5, 0.6) is 0 Å². The number of halogens is 2. The van der Waals surface area contributed by atoms with Crippen LogP contribution in [0.15, 0.2) is 15.9 Å². The Morgan fingerprint density at radius 1 is 1.44 bits per heavy atom. The predicted molar refractivity (Wildman–Crippen MR) is 72.6 cm³/mol. The second-order valence-corrected chi connectivity index (χ2v) is 6.06. The number of thiophene rings is 1. The van der Waals surface area contributed by atoms with E-state index in [1.807, 2.05) is 12.1 Å². The molecule has 1 aliphatic rings. The molecule has 1 fully saturated rings. The summed E-state index contributed by atoms with van der Waals surface area (Å²) in [6.45, 7) is 2.00. The van der Waals surface area contributed by atoms with Gasteiger partial charge < -0.3 is 10.6 Å². The fourth-order valence-corrected chi connectivity index (χ4v) is 2.95.